The quantitative estimate of drug-likeness (QED) is 0.389. The lowest BCUT2D eigenvalue weighted by Crippen LogP contribution is -2.17. The number of hydrogen-bond acceptors (Lipinski definition) is 4. The Labute approximate surface area is 165 Å². The van der Waals surface area contributed by atoms with Gasteiger partial charge in [0.2, 0.25) is 5.76 Å². The topological polar surface area (TPSA) is 96.8 Å². The van der Waals surface area contributed by atoms with E-state index in [9.17, 15) is 9.59 Å². The van der Waals surface area contributed by atoms with Crippen LogP contribution in [-0.2, 0) is 6.54 Å². The van der Waals surface area contributed by atoms with Crippen molar-refractivity contribution in [3.63, 3.8) is 0 Å². The van der Waals surface area contributed by atoms with Crippen LogP contribution in [0.2, 0.25) is 0 Å². The number of amides is 1. The fourth-order valence-corrected chi connectivity index (χ4v) is 3.07. The Hall–Kier alpha value is -4.13. The number of hydrogen-bond donors (Lipinski definition) is 2. The van der Waals surface area contributed by atoms with Gasteiger partial charge < -0.3 is 14.1 Å². The highest BCUT2D eigenvalue weighted by Gasteiger charge is 2.12. The highest BCUT2D eigenvalue weighted by molar-refractivity contribution is 6.00. The van der Waals surface area contributed by atoms with Crippen molar-refractivity contribution in [1.82, 2.24) is 9.99 Å². The first-order chi connectivity index (χ1) is 14.1. The lowest BCUT2D eigenvalue weighted by atomic mass is 10.2. The van der Waals surface area contributed by atoms with E-state index in [0.717, 1.165) is 16.5 Å². The second-order valence-corrected chi connectivity index (χ2v) is 6.37. The zero-order valence-corrected chi connectivity index (χ0v) is 15.3. The Morgan fingerprint density at radius 2 is 1.79 bits per heavy atom. The largest absolute Gasteiger partial charge is 0.475 e. The second-order valence-electron chi connectivity index (χ2n) is 6.37. The minimum Gasteiger partial charge on any atom is -0.475 e. The Kier molecular flexibility index (Phi) is 4.94. The van der Waals surface area contributed by atoms with Crippen LogP contribution >= 0.6 is 0 Å². The van der Waals surface area contributed by atoms with Gasteiger partial charge in [0.1, 0.15) is 5.76 Å². The van der Waals surface area contributed by atoms with Crippen LogP contribution in [0.15, 0.2) is 82.4 Å². The molecule has 0 saturated carbocycles. The maximum absolute atomic E-state index is 12.1. The van der Waals surface area contributed by atoms with Crippen molar-refractivity contribution in [1.29, 1.82) is 0 Å². The zero-order valence-electron chi connectivity index (χ0n) is 15.3. The van der Waals surface area contributed by atoms with E-state index in [-0.39, 0.29) is 11.7 Å². The third-order valence-corrected chi connectivity index (χ3v) is 4.42. The summed E-state index contributed by atoms with van der Waals surface area (Å²) in [6.45, 7) is 0.373. The van der Waals surface area contributed by atoms with Crippen molar-refractivity contribution >= 4 is 29.0 Å². The molecular weight excluding hydrogens is 370 g/mol. The van der Waals surface area contributed by atoms with E-state index in [1.165, 1.54) is 6.07 Å². The SMILES string of the molecule is O=C(NN=Cc1cn(Cc2ccc(C(=O)O)o2)c2ccccc12)c1ccccc1. The summed E-state index contributed by atoms with van der Waals surface area (Å²) in [5.74, 6) is -0.955. The first-order valence-electron chi connectivity index (χ1n) is 8.90. The number of carbonyl (C=O) groups excluding carboxylic acids is 1. The predicted octanol–water partition coefficient (Wildman–Crippen LogP) is 3.74. The van der Waals surface area contributed by atoms with E-state index in [0.29, 0.717) is 17.9 Å². The fraction of sp³-hybridized carbons (Fsp3) is 0.0455. The summed E-state index contributed by atoms with van der Waals surface area (Å²) in [5, 5.41) is 14.0. The van der Waals surface area contributed by atoms with E-state index in [1.54, 1.807) is 36.5 Å². The summed E-state index contributed by atoms with van der Waals surface area (Å²) in [7, 11) is 0. The maximum atomic E-state index is 12.1. The molecule has 0 fully saturated rings. The first-order valence-corrected chi connectivity index (χ1v) is 8.90. The van der Waals surface area contributed by atoms with Crippen molar-refractivity contribution in [2.45, 2.75) is 6.54 Å². The van der Waals surface area contributed by atoms with Crippen LogP contribution in [0.3, 0.4) is 0 Å². The number of fused-ring (bicyclic) bond motifs is 1. The molecule has 4 rings (SSSR count). The highest BCUT2D eigenvalue weighted by Crippen LogP contribution is 2.22. The van der Waals surface area contributed by atoms with E-state index in [1.807, 2.05) is 41.1 Å². The molecule has 2 heterocycles. The summed E-state index contributed by atoms with van der Waals surface area (Å²) >= 11 is 0. The third kappa shape index (κ3) is 3.93. The molecule has 0 spiro atoms. The molecule has 29 heavy (non-hydrogen) atoms. The van der Waals surface area contributed by atoms with Gasteiger partial charge in [0.15, 0.2) is 0 Å². The van der Waals surface area contributed by atoms with Gasteiger partial charge in [-0.25, -0.2) is 10.2 Å². The Morgan fingerprint density at radius 1 is 1.03 bits per heavy atom. The number of hydrazone groups is 1. The second kappa shape index (κ2) is 7.85. The van der Waals surface area contributed by atoms with Gasteiger partial charge >= 0.3 is 5.97 Å². The van der Waals surface area contributed by atoms with Crippen LogP contribution in [-0.4, -0.2) is 27.8 Å². The van der Waals surface area contributed by atoms with Gasteiger partial charge in [-0.3, -0.25) is 4.79 Å². The van der Waals surface area contributed by atoms with Gasteiger partial charge in [-0.05, 0) is 30.3 Å². The van der Waals surface area contributed by atoms with Crippen molar-refractivity contribution in [2.24, 2.45) is 5.10 Å². The normalized spacial score (nSPS) is 11.2. The summed E-state index contributed by atoms with van der Waals surface area (Å²) in [4.78, 5) is 23.1. The van der Waals surface area contributed by atoms with Crippen LogP contribution < -0.4 is 5.43 Å². The average Bonchev–Trinajstić information content (AvgIpc) is 3.35. The summed E-state index contributed by atoms with van der Waals surface area (Å²) in [5.41, 5.74) is 4.81. The van der Waals surface area contributed by atoms with Gasteiger partial charge in [-0.2, -0.15) is 5.10 Å². The Morgan fingerprint density at radius 3 is 2.55 bits per heavy atom. The fourth-order valence-electron chi connectivity index (χ4n) is 3.07. The van der Waals surface area contributed by atoms with Crippen molar-refractivity contribution in [3.8, 4) is 0 Å². The number of carbonyl (C=O) groups is 2. The molecule has 2 aromatic carbocycles. The van der Waals surface area contributed by atoms with E-state index >= 15 is 0 Å². The Bertz CT molecular complexity index is 1210. The molecule has 2 aromatic heterocycles. The van der Waals surface area contributed by atoms with Crippen molar-refractivity contribution < 1.29 is 19.1 Å². The number of carboxylic acid groups (broad SMARTS) is 1. The van der Waals surface area contributed by atoms with Crippen LogP contribution in [0.25, 0.3) is 10.9 Å². The van der Waals surface area contributed by atoms with Crippen LogP contribution in [0, 0.1) is 0 Å². The van der Waals surface area contributed by atoms with Gasteiger partial charge in [0, 0.05) is 28.2 Å². The molecule has 0 radical (unpaired) electrons. The molecule has 144 valence electrons. The summed E-state index contributed by atoms with van der Waals surface area (Å²) in [6, 6.07) is 19.7. The van der Waals surface area contributed by atoms with Gasteiger partial charge in [0.25, 0.3) is 5.91 Å². The minimum absolute atomic E-state index is 0.0955. The molecule has 7 heteroatoms. The van der Waals surface area contributed by atoms with Crippen LogP contribution in [0.4, 0.5) is 0 Å². The maximum Gasteiger partial charge on any atom is 0.371 e. The molecular formula is C22H17N3O4. The van der Waals surface area contributed by atoms with Gasteiger partial charge in [-0.15, -0.1) is 0 Å². The molecule has 0 atom stereocenters. The molecule has 0 aliphatic carbocycles. The smallest absolute Gasteiger partial charge is 0.371 e. The van der Waals surface area contributed by atoms with Gasteiger partial charge in [-0.1, -0.05) is 36.4 Å². The predicted molar refractivity (Wildman–Crippen MR) is 108 cm³/mol. The van der Waals surface area contributed by atoms with Gasteiger partial charge in [0.05, 0.1) is 12.8 Å². The minimum atomic E-state index is -1.10. The number of nitrogens with one attached hydrogen (secondary N) is 1. The van der Waals surface area contributed by atoms with Crippen LogP contribution in [0.1, 0.15) is 32.2 Å². The molecule has 4 aromatic rings. The molecule has 0 bridgehead atoms. The molecule has 0 aliphatic rings. The molecule has 2 N–H and O–H groups in total. The van der Waals surface area contributed by atoms with E-state index in [2.05, 4.69) is 10.5 Å². The molecule has 0 saturated heterocycles. The van der Waals surface area contributed by atoms with Crippen LogP contribution in [0.5, 0.6) is 0 Å². The van der Waals surface area contributed by atoms with E-state index < -0.39 is 5.97 Å². The molecule has 1 amide bonds. The first kappa shape index (κ1) is 18.2. The number of aromatic carboxylic acids is 1. The average molecular weight is 387 g/mol. The van der Waals surface area contributed by atoms with Crippen molar-refractivity contribution in [3.05, 3.63) is 95.6 Å². The Balaban J connectivity index is 1.57. The zero-order chi connectivity index (χ0) is 20.2. The number of aromatic nitrogens is 1. The lowest BCUT2D eigenvalue weighted by molar-refractivity contribution is 0.0660. The monoisotopic (exact) mass is 387 g/mol. The number of nitrogens with zero attached hydrogens (tertiary/aromatic N) is 2. The lowest BCUT2D eigenvalue weighted by Gasteiger charge is -2.02. The molecule has 7 nitrogen and oxygen atoms in total. The molecule has 0 aliphatic heterocycles. The number of benzene rings is 2. The highest BCUT2D eigenvalue weighted by atomic mass is 16.4. The number of para-hydroxylation sites is 1. The van der Waals surface area contributed by atoms with E-state index in [4.69, 9.17) is 9.52 Å². The van der Waals surface area contributed by atoms with Crippen molar-refractivity contribution in [2.75, 3.05) is 0 Å². The standard InChI is InChI=1S/C22H17N3O4/c26-21(15-6-2-1-3-7-15)24-23-12-16-13-25(19-9-5-4-8-18(16)19)14-17-10-11-20(29-17)22(27)28/h1-13H,14H2,(H,24,26)(H,27,28). The third-order valence-electron chi connectivity index (χ3n) is 4.42. The number of furan rings is 1. The molecule has 0 unspecified atom stereocenters. The summed E-state index contributed by atoms with van der Waals surface area (Å²) < 4.78 is 7.30. The summed E-state index contributed by atoms with van der Waals surface area (Å²) in [6.07, 6.45) is 3.47. The number of carboxylic acids is 1. The number of rotatable bonds is 6.